The minimum atomic E-state index is -0.225. The lowest BCUT2D eigenvalue weighted by molar-refractivity contribution is 0.0951. The average molecular weight is 391 g/mol. The van der Waals surface area contributed by atoms with E-state index in [0.29, 0.717) is 34.6 Å². The Morgan fingerprint density at radius 1 is 1.17 bits per heavy atom. The Bertz CT molecular complexity index is 1190. The van der Waals surface area contributed by atoms with Crippen molar-refractivity contribution < 1.29 is 14.1 Å². The van der Waals surface area contributed by atoms with E-state index in [9.17, 15) is 4.79 Å². The fourth-order valence-electron chi connectivity index (χ4n) is 3.29. The Kier molecular flexibility index (Phi) is 4.75. The van der Waals surface area contributed by atoms with Crippen molar-refractivity contribution in [3.8, 4) is 17.0 Å². The van der Waals surface area contributed by atoms with Gasteiger partial charge in [0, 0.05) is 18.3 Å². The van der Waals surface area contributed by atoms with Crippen LogP contribution >= 0.6 is 0 Å². The lowest BCUT2D eigenvalue weighted by atomic mass is 10.0. The molecule has 0 unspecified atom stereocenters. The van der Waals surface area contributed by atoms with Crippen molar-refractivity contribution in [3.63, 3.8) is 0 Å². The molecule has 8 heteroatoms. The van der Waals surface area contributed by atoms with Crippen LogP contribution in [0.25, 0.3) is 22.4 Å². The Labute approximate surface area is 167 Å². The Morgan fingerprint density at radius 3 is 2.59 bits per heavy atom. The maximum Gasteiger partial charge on any atom is 0.259 e. The molecule has 1 aromatic carbocycles. The number of rotatable bonds is 5. The van der Waals surface area contributed by atoms with Gasteiger partial charge in [-0.05, 0) is 50.2 Å². The van der Waals surface area contributed by atoms with Crippen molar-refractivity contribution in [2.75, 3.05) is 7.11 Å². The number of methoxy groups -OCH3 is 1. The first-order valence-corrected chi connectivity index (χ1v) is 9.15. The lowest BCUT2D eigenvalue weighted by Gasteiger charge is -2.08. The summed E-state index contributed by atoms with van der Waals surface area (Å²) in [5, 5.41) is 12.0. The van der Waals surface area contributed by atoms with Gasteiger partial charge in [0.05, 0.1) is 36.0 Å². The van der Waals surface area contributed by atoms with Crippen LogP contribution in [0.4, 0.5) is 0 Å². The third-order valence-electron chi connectivity index (χ3n) is 4.71. The Morgan fingerprint density at radius 2 is 1.93 bits per heavy atom. The van der Waals surface area contributed by atoms with E-state index < -0.39 is 0 Å². The van der Waals surface area contributed by atoms with Gasteiger partial charge in [0.2, 0.25) is 0 Å². The smallest absolute Gasteiger partial charge is 0.259 e. The number of aryl methyl sites for hydroxylation is 3. The molecular formula is C21H21N5O3. The molecule has 4 aromatic rings. The van der Waals surface area contributed by atoms with Gasteiger partial charge < -0.3 is 14.6 Å². The van der Waals surface area contributed by atoms with E-state index in [1.54, 1.807) is 17.9 Å². The van der Waals surface area contributed by atoms with Gasteiger partial charge in [-0.25, -0.2) is 4.98 Å². The van der Waals surface area contributed by atoms with Gasteiger partial charge >= 0.3 is 0 Å². The minimum Gasteiger partial charge on any atom is -0.497 e. The zero-order chi connectivity index (χ0) is 20.5. The number of carbonyl (C=O) groups excluding carboxylic acids is 1. The molecule has 1 amide bonds. The highest BCUT2D eigenvalue weighted by molar-refractivity contribution is 6.09. The number of benzene rings is 1. The van der Waals surface area contributed by atoms with Gasteiger partial charge in [0.1, 0.15) is 11.4 Å². The van der Waals surface area contributed by atoms with Crippen LogP contribution in [0.1, 0.15) is 27.4 Å². The summed E-state index contributed by atoms with van der Waals surface area (Å²) in [5.74, 6) is 0.511. The van der Waals surface area contributed by atoms with E-state index >= 15 is 0 Å². The summed E-state index contributed by atoms with van der Waals surface area (Å²) in [7, 11) is 3.46. The first kappa shape index (κ1) is 18.7. The van der Waals surface area contributed by atoms with Crippen molar-refractivity contribution in [2.24, 2.45) is 7.05 Å². The molecular weight excluding hydrogens is 370 g/mol. The maximum atomic E-state index is 13.0. The molecule has 0 radical (unpaired) electrons. The number of ether oxygens (including phenoxy) is 1. The van der Waals surface area contributed by atoms with Crippen molar-refractivity contribution in [2.45, 2.75) is 20.4 Å². The van der Waals surface area contributed by atoms with Crippen LogP contribution in [-0.4, -0.2) is 32.9 Å². The molecule has 0 saturated carbocycles. The molecule has 0 aliphatic carbocycles. The number of aromatic nitrogens is 4. The van der Waals surface area contributed by atoms with Crippen LogP contribution in [-0.2, 0) is 13.6 Å². The highest BCUT2D eigenvalue weighted by Gasteiger charge is 2.21. The van der Waals surface area contributed by atoms with Crippen LogP contribution in [0.5, 0.6) is 5.75 Å². The number of nitrogens with one attached hydrogen (secondary N) is 1. The molecule has 0 aliphatic rings. The fraction of sp³-hybridized carbons (Fsp3) is 0.238. The van der Waals surface area contributed by atoms with E-state index in [1.165, 1.54) is 0 Å². The molecule has 148 valence electrons. The topological polar surface area (TPSA) is 95.1 Å². The highest BCUT2D eigenvalue weighted by Crippen LogP contribution is 2.31. The molecule has 8 nitrogen and oxygen atoms in total. The highest BCUT2D eigenvalue weighted by atomic mass is 16.5. The quantitative estimate of drug-likeness (QED) is 0.561. The zero-order valence-corrected chi connectivity index (χ0v) is 16.7. The number of carbonyl (C=O) groups is 1. The van der Waals surface area contributed by atoms with Crippen molar-refractivity contribution >= 4 is 17.0 Å². The van der Waals surface area contributed by atoms with Crippen LogP contribution < -0.4 is 10.1 Å². The molecule has 0 saturated heterocycles. The predicted molar refractivity (Wildman–Crippen MR) is 108 cm³/mol. The number of pyridine rings is 1. The average Bonchev–Trinajstić information content (AvgIpc) is 3.27. The summed E-state index contributed by atoms with van der Waals surface area (Å²) in [6.45, 7) is 4.10. The van der Waals surface area contributed by atoms with E-state index in [1.807, 2.05) is 51.2 Å². The molecule has 4 rings (SSSR count). The number of hydrogen-bond acceptors (Lipinski definition) is 6. The second-order valence-corrected chi connectivity index (χ2v) is 6.83. The van der Waals surface area contributed by atoms with Crippen LogP contribution in [0.3, 0.4) is 0 Å². The molecule has 0 atom stereocenters. The molecule has 0 spiro atoms. The van der Waals surface area contributed by atoms with Gasteiger partial charge in [0.25, 0.3) is 11.6 Å². The second kappa shape index (κ2) is 7.38. The monoisotopic (exact) mass is 391 g/mol. The summed E-state index contributed by atoms with van der Waals surface area (Å²) in [6.07, 6.45) is 0. The molecule has 3 aromatic heterocycles. The van der Waals surface area contributed by atoms with Crippen molar-refractivity contribution in [1.29, 1.82) is 0 Å². The van der Waals surface area contributed by atoms with Gasteiger partial charge in [-0.1, -0.05) is 5.16 Å². The molecule has 0 aliphatic heterocycles. The Balaban J connectivity index is 1.71. The van der Waals surface area contributed by atoms with E-state index in [-0.39, 0.29) is 5.91 Å². The fourth-order valence-corrected chi connectivity index (χ4v) is 3.29. The molecule has 1 N–H and O–H groups in total. The first-order valence-electron chi connectivity index (χ1n) is 9.15. The molecule has 29 heavy (non-hydrogen) atoms. The van der Waals surface area contributed by atoms with Gasteiger partial charge in [-0.3, -0.25) is 9.48 Å². The number of hydrogen-bond donors (Lipinski definition) is 1. The largest absolute Gasteiger partial charge is 0.497 e. The van der Waals surface area contributed by atoms with E-state index in [0.717, 1.165) is 22.7 Å². The third kappa shape index (κ3) is 3.56. The summed E-state index contributed by atoms with van der Waals surface area (Å²) in [4.78, 5) is 17.4. The standard InChI is InChI=1S/C21H21N5O3/c1-12-10-17(20(27)22-11-15-9-13(2)24-26(15)3)18-19(25-29-21(18)23-12)14-5-7-16(28-4)8-6-14/h5-10H,11H2,1-4H3,(H,22,27). The molecule has 3 heterocycles. The van der Waals surface area contributed by atoms with Crippen molar-refractivity contribution in [3.05, 3.63) is 59.0 Å². The van der Waals surface area contributed by atoms with E-state index in [4.69, 9.17) is 9.26 Å². The van der Waals surface area contributed by atoms with Gasteiger partial charge in [0.15, 0.2) is 0 Å². The number of nitrogens with zero attached hydrogens (tertiary/aromatic N) is 4. The van der Waals surface area contributed by atoms with Gasteiger partial charge in [-0.15, -0.1) is 0 Å². The normalized spacial score (nSPS) is 11.0. The summed E-state index contributed by atoms with van der Waals surface area (Å²) < 4.78 is 12.4. The van der Waals surface area contributed by atoms with Crippen LogP contribution in [0.15, 0.2) is 40.9 Å². The molecule has 0 bridgehead atoms. The first-order chi connectivity index (χ1) is 14.0. The zero-order valence-electron chi connectivity index (χ0n) is 16.7. The minimum absolute atomic E-state index is 0.225. The second-order valence-electron chi connectivity index (χ2n) is 6.83. The summed E-state index contributed by atoms with van der Waals surface area (Å²) in [6, 6.07) is 11.1. The number of fused-ring (bicyclic) bond motifs is 1. The van der Waals surface area contributed by atoms with Crippen molar-refractivity contribution in [1.82, 2.24) is 25.2 Å². The maximum absolute atomic E-state index is 13.0. The number of amides is 1. The molecule has 0 fully saturated rings. The van der Waals surface area contributed by atoms with Crippen LogP contribution in [0.2, 0.25) is 0 Å². The summed E-state index contributed by atoms with van der Waals surface area (Å²) >= 11 is 0. The Hall–Kier alpha value is -3.68. The lowest BCUT2D eigenvalue weighted by Crippen LogP contribution is -2.24. The summed E-state index contributed by atoms with van der Waals surface area (Å²) in [5.41, 5.74) is 4.67. The predicted octanol–water partition coefficient (Wildman–Crippen LogP) is 3.18. The SMILES string of the molecule is COc1ccc(-c2noc3nc(C)cc(C(=O)NCc4cc(C)nn4C)c23)cc1. The third-order valence-corrected chi connectivity index (χ3v) is 4.71. The van der Waals surface area contributed by atoms with Crippen LogP contribution in [0, 0.1) is 13.8 Å². The van der Waals surface area contributed by atoms with Gasteiger partial charge in [-0.2, -0.15) is 5.10 Å². The van der Waals surface area contributed by atoms with E-state index in [2.05, 4.69) is 20.6 Å².